The lowest BCUT2D eigenvalue weighted by atomic mass is 9.98. The van der Waals surface area contributed by atoms with E-state index in [0.717, 1.165) is 27.9 Å². The average Bonchev–Trinajstić information content (AvgIpc) is 2.77. The van der Waals surface area contributed by atoms with Gasteiger partial charge in [-0.3, -0.25) is 4.98 Å². The van der Waals surface area contributed by atoms with E-state index in [-0.39, 0.29) is 11.8 Å². The van der Waals surface area contributed by atoms with Crippen molar-refractivity contribution in [1.82, 2.24) is 10.3 Å². The second kappa shape index (κ2) is 8.91. The van der Waals surface area contributed by atoms with Gasteiger partial charge in [-0.25, -0.2) is 0 Å². The maximum atomic E-state index is 10.4. The van der Waals surface area contributed by atoms with E-state index in [0.29, 0.717) is 11.6 Å². The molecule has 1 aromatic heterocycles. The van der Waals surface area contributed by atoms with Crippen molar-refractivity contribution in [2.24, 2.45) is 0 Å². The summed E-state index contributed by atoms with van der Waals surface area (Å²) < 4.78 is 0. The lowest BCUT2D eigenvalue weighted by Crippen LogP contribution is -2.22. The Balaban J connectivity index is 1.61. The molecule has 0 aliphatic rings. The van der Waals surface area contributed by atoms with E-state index in [1.807, 2.05) is 72.8 Å². The third-order valence-electron chi connectivity index (χ3n) is 4.87. The zero-order chi connectivity index (χ0) is 20.1. The van der Waals surface area contributed by atoms with Gasteiger partial charge in [0, 0.05) is 28.9 Å². The molecule has 0 unspecified atom stereocenters. The maximum absolute atomic E-state index is 10.4. The molecule has 0 radical (unpaired) electrons. The minimum atomic E-state index is -0.0219. The van der Waals surface area contributed by atoms with Crippen molar-refractivity contribution in [3.05, 3.63) is 119 Å². The number of nitrogens with zero attached hydrogens (tertiary/aromatic N) is 1. The Hall–Kier alpha value is -3.14. The number of hydrogen-bond acceptors (Lipinski definition) is 3. The van der Waals surface area contributed by atoms with E-state index >= 15 is 0 Å². The molecule has 4 heteroatoms. The largest absolute Gasteiger partial charge is 0.508 e. The summed E-state index contributed by atoms with van der Waals surface area (Å²) in [4.78, 5) is 4.40. The Morgan fingerprint density at radius 1 is 0.828 bits per heavy atom. The minimum absolute atomic E-state index is 0.0219. The number of phenols is 1. The molecule has 0 saturated carbocycles. The van der Waals surface area contributed by atoms with Crippen molar-refractivity contribution in [3.8, 4) is 17.0 Å². The maximum Gasteiger partial charge on any atom is 0.120 e. The van der Waals surface area contributed by atoms with Crippen molar-refractivity contribution in [3.63, 3.8) is 0 Å². The van der Waals surface area contributed by atoms with Crippen molar-refractivity contribution < 1.29 is 5.11 Å². The van der Waals surface area contributed by atoms with Crippen LogP contribution in [0.4, 0.5) is 0 Å². The fourth-order valence-electron chi connectivity index (χ4n) is 3.36. The first-order valence-corrected chi connectivity index (χ1v) is 9.85. The van der Waals surface area contributed by atoms with Crippen LogP contribution in [0.15, 0.2) is 97.2 Å². The van der Waals surface area contributed by atoms with Crippen LogP contribution in [-0.2, 0) is 6.54 Å². The van der Waals surface area contributed by atoms with Crippen molar-refractivity contribution in [2.75, 3.05) is 0 Å². The zero-order valence-electron chi connectivity index (χ0n) is 15.8. The van der Waals surface area contributed by atoms with E-state index in [4.69, 9.17) is 11.6 Å². The predicted molar refractivity (Wildman–Crippen MR) is 118 cm³/mol. The van der Waals surface area contributed by atoms with Gasteiger partial charge < -0.3 is 10.4 Å². The Labute approximate surface area is 175 Å². The number of nitrogens with one attached hydrogen (secondary N) is 1. The molecule has 144 valence electrons. The average molecular weight is 401 g/mol. The predicted octanol–water partition coefficient (Wildman–Crippen LogP) is 5.99. The molecule has 3 aromatic carbocycles. The number of pyridine rings is 1. The molecule has 0 saturated heterocycles. The summed E-state index contributed by atoms with van der Waals surface area (Å²) in [7, 11) is 0. The number of halogens is 1. The summed E-state index contributed by atoms with van der Waals surface area (Å²) in [5.41, 5.74) is 4.94. The first kappa shape index (κ1) is 19.2. The SMILES string of the molecule is Oc1ccc(-c2ccccn2)cc1CN[C@H](c1ccccc1)c1ccc(Cl)cc1. The fraction of sp³-hybridized carbons (Fsp3) is 0.0800. The topological polar surface area (TPSA) is 45.2 Å². The van der Waals surface area contributed by atoms with Crippen LogP contribution in [0.1, 0.15) is 22.7 Å². The van der Waals surface area contributed by atoms with E-state index < -0.39 is 0 Å². The van der Waals surface area contributed by atoms with Crippen LogP contribution in [-0.4, -0.2) is 10.1 Å². The first-order chi connectivity index (χ1) is 14.2. The van der Waals surface area contributed by atoms with Gasteiger partial charge in [0.25, 0.3) is 0 Å². The van der Waals surface area contributed by atoms with Gasteiger partial charge in [-0.15, -0.1) is 0 Å². The molecule has 1 atom stereocenters. The second-order valence-electron chi connectivity index (χ2n) is 6.83. The highest BCUT2D eigenvalue weighted by atomic mass is 35.5. The van der Waals surface area contributed by atoms with Crippen LogP contribution >= 0.6 is 11.6 Å². The normalized spacial score (nSPS) is 11.9. The Bertz CT molecular complexity index is 1070. The van der Waals surface area contributed by atoms with Crippen LogP contribution in [0.2, 0.25) is 5.02 Å². The summed E-state index contributed by atoms with van der Waals surface area (Å²) in [6, 6.07) is 29.5. The molecule has 0 amide bonds. The molecule has 1 heterocycles. The van der Waals surface area contributed by atoms with Crippen LogP contribution in [0.3, 0.4) is 0 Å². The van der Waals surface area contributed by atoms with E-state index in [9.17, 15) is 5.11 Å². The number of phenolic OH excluding ortho intramolecular Hbond substituents is 1. The van der Waals surface area contributed by atoms with Crippen LogP contribution in [0, 0.1) is 0 Å². The summed E-state index contributed by atoms with van der Waals surface area (Å²) in [5.74, 6) is 0.264. The van der Waals surface area contributed by atoms with Crippen molar-refractivity contribution >= 4 is 11.6 Å². The number of aromatic hydroxyl groups is 1. The molecular weight excluding hydrogens is 380 g/mol. The highest BCUT2D eigenvalue weighted by molar-refractivity contribution is 6.30. The van der Waals surface area contributed by atoms with Gasteiger partial charge in [0.1, 0.15) is 5.75 Å². The molecule has 0 bridgehead atoms. The van der Waals surface area contributed by atoms with Gasteiger partial charge in [-0.2, -0.15) is 0 Å². The molecule has 3 nitrogen and oxygen atoms in total. The van der Waals surface area contributed by atoms with Gasteiger partial charge in [0.2, 0.25) is 0 Å². The Morgan fingerprint density at radius 3 is 2.28 bits per heavy atom. The van der Waals surface area contributed by atoms with Gasteiger partial charge in [0.05, 0.1) is 11.7 Å². The smallest absolute Gasteiger partial charge is 0.120 e. The van der Waals surface area contributed by atoms with Gasteiger partial charge >= 0.3 is 0 Å². The van der Waals surface area contributed by atoms with Gasteiger partial charge in [0.15, 0.2) is 0 Å². The van der Waals surface area contributed by atoms with E-state index in [2.05, 4.69) is 22.4 Å². The zero-order valence-corrected chi connectivity index (χ0v) is 16.6. The third kappa shape index (κ3) is 4.65. The molecule has 0 aliphatic heterocycles. The van der Waals surface area contributed by atoms with Crippen molar-refractivity contribution in [1.29, 1.82) is 0 Å². The summed E-state index contributed by atoms with van der Waals surface area (Å²) in [6.45, 7) is 0.509. The quantitative estimate of drug-likeness (QED) is 0.418. The highest BCUT2D eigenvalue weighted by Crippen LogP contribution is 2.27. The Kier molecular flexibility index (Phi) is 5.89. The first-order valence-electron chi connectivity index (χ1n) is 9.48. The molecule has 0 aliphatic carbocycles. The van der Waals surface area contributed by atoms with Crippen molar-refractivity contribution in [2.45, 2.75) is 12.6 Å². The molecular formula is C25H21ClN2O. The number of aromatic nitrogens is 1. The molecule has 0 spiro atoms. The lowest BCUT2D eigenvalue weighted by Gasteiger charge is -2.21. The molecule has 0 fully saturated rings. The molecule has 29 heavy (non-hydrogen) atoms. The van der Waals surface area contributed by atoms with Gasteiger partial charge in [-0.1, -0.05) is 60.1 Å². The highest BCUT2D eigenvalue weighted by Gasteiger charge is 2.15. The minimum Gasteiger partial charge on any atom is -0.508 e. The Morgan fingerprint density at radius 2 is 1.55 bits per heavy atom. The van der Waals surface area contributed by atoms with Gasteiger partial charge in [-0.05, 0) is 53.6 Å². The van der Waals surface area contributed by atoms with E-state index in [1.165, 1.54) is 0 Å². The van der Waals surface area contributed by atoms with E-state index in [1.54, 1.807) is 12.3 Å². The van der Waals surface area contributed by atoms with Crippen LogP contribution in [0.25, 0.3) is 11.3 Å². The summed E-state index contributed by atoms with van der Waals surface area (Å²) in [6.07, 6.45) is 1.77. The second-order valence-corrected chi connectivity index (χ2v) is 7.27. The summed E-state index contributed by atoms with van der Waals surface area (Å²) >= 11 is 6.07. The summed E-state index contributed by atoms with van der Waals surface area (Å²) in [5, 5.41) is 14.7. The monoisotopic (exact) mass is 400 g/mol. The lowest BCUT2D eigenvalue weighted by molar-refractivity contribution is 0.462. The molecule has 4 rings (SSSR count). The molecule has 4 aromatic rings. The van der Waals surface area contributed by atoms with Crippen LogP contribution in [0.5, 0.6) is 5.75 Å². The van der Waals surface area contributed by atoms with Crippen LogP contribution < -0.4 is 5.32 Å². The standard InChI is InChI=1S/C25H21ClN2O/c26-22-12-9-19(10-13-22)25(18-6-2-1-3-7-18)28-17-21-16-20(11-14-24(21)29)23-8-4-5-15-27-23/h1-16,25,28-29H,17H2/t25-/m1/s1. The number of hydrogen-bond donors (Lipinski definition) is 2. The number of benzene rings is 3. The fourth-order valence-corrected chi connectivity index (χ4v) is 3.49. The third-order valence-corrected chi connectivity index (χ3v) is 5.13. The number of rotatable bonds is 6. The molecule has 2 N–H and O–H groups in total.